The molecule has 1 aliphatic rings. The molecule has 132 valence electrons. The second-order valence-corrected chi connectivity index (χ2v) is 6.45. The number of nitrogens with one attached hydrogen (secondary N) is 1. The molecule has 3 rings (SSSR count). The molecule has 4 nitrogen and oxygen atoms in total. The highest BCUT2D eigenvalue weighted by molar-refractivity contribution is 5.78. The van der Waals surface area contributed by atoms with Crippen molar-refractivity contribution in [3.8, 4) is 5.75 Å². The molecule has 2 aromatic rings. The number of para-hydroxylation sites is 1. The number of ether oxygens (including phenoxy) is 1. The Labute approximate surface area is 149 Å². The Kier molecular flexibility index (Phi) is 6.07. The summed E-state index contributed by atoms with van der Waals surface area (Å²) >= 11 is 0. The van der Waals surface area contributed by atoms with Gasteiger partial charge in [-0.2, -0.15) is 0 Å². The zero-order valence-corrected chi connectivity index (χ0v) is 14.8. The van der Waals surface area contributed by atoms with Crippen LogP contribution in [0.5, 0.6) is 5.75 Å². The predicted molar refractivity (Wildman–Crippen MR) is 99.7 cm³/mol. The lowest BCUT2D eigenvalue weighted by Crippen LogP contribution is -2.37. The Bertz CT molecular complexity index is 687. The minimum atomic E-state index is 0.0951. The van der Waals surface area contributed by atoms with Crippen molar-refractivity contribution < 1.29 is 9.53 Å². The van der Waals surface area contributed by atoms with E-state index in [0.29, 0.717) is 19.1 Å². The van der Waals surface area contributed by atoms with Crippen molar-refractivity contribution >= 4 is 5.91 Å². The third-order valence-corrected chi connectivity index (χ3v) is 4.80. The topological polar surface area (TPSA) is 41.6 Å². The monoisotopic (exact) mass is 338 g/mol. The third kappa shape index (κ3) is 4.60. The number of benzene rings is 2. The summed E-state index contributed by atoms with van der Waals surface area (Å²) < 4.78 is 5.35. The van der Waals surface area contributed by atoms with Crippen LogP contribution in [0, 0.1) is 0 Å². The number of carbonyl (C=O) groups excluding carboxylic acids is 1. The van der Waals surface area contributed by atoms with E-state index in [-0.39, 0.29) is 5.91 Å². The standard InChI is InChI=1S/C21H26N2O2/c1-25-20-12-6-5-10-18(20)13-14-22-21(24)16-23-15-7-11-19(23)17-8-3-2-4-9-17/h2-6,8-10,12,19H,7,11,13-16H2,1H3,(H,22,24). The summed E-state index contributed by atoms with van der Waals surface area (Å²) in [5, 5.41) is 3.05. The second-order valence-electron chi connectivity index (χ2n) is 6.45. The van der Waals surface area contributed by atoms with E-state index in [1.165, 1.54) is 5.56 Å². The van der Waals surface area contributed by atoms with Gasteiger partial charge in [-0.25, -0.2) is 0 Å². The molecule has 1 amide bonds. The van der Waals surface area contributed by atoms with Gasteiger partial charge in [0.15, 0.2) is 0 Å². The second kappa shape index (κ2) is 8.67. The lowest BCUT2D eigenvalue weighted by Gasteiger charge is -2.24. The number of amides is 1. The summed E-state index contributed by atoms with van der Waals surface area (Å²) in [6.45, 7) is 2.08. The van der Waals surface area contributed by atoms with Crippen molar-refractivity contribution in [2.75, 3.05) is 26.7 Å². The molecule has 0 aromatic heterocycles. The van der Waals surface area contributed by atoms with E-state index < -0.39 is 0 Å². The van der Waals surface area contributed by atoms with Gasteiger partial charge in [-0.3, -0.25) is 9.69 Å². The van der Waals surface area contributed by atoms with E-state index in [1.807, 2.05) is 30.3 Å². The maximum absolute atomic E-state index is 12.3. The summed E-state index contributed by atoms with van der Waals surface area (Å²) in [7, 11) is 1.68. The van der Waals surface area contributed by atoms with Gasteiger partial charge >= 0.3 is 0 Å². The van der Waals surface area contributed by atoms with Crippen molar-refractivity contribution in [1.82, 2.24) is 10.2 Å². The van der Waals surface area contributed by atoms with Crippen LogP contribution in [0.3, 0.4) is 0 Å². The van der Waals surface area contributed by atoms with Gasteiger partial charge in [-0.15, -0.1) is 0 Å². The zero-order valence-electron chi connectivity index (χ0n) is 14.8. The predicted octanol–water partition coefficient (Wildman–Crippen LogP) is 3.19. The average molecular weight is 338 g/mol. The third-order valence-electron chi connectivity index (χ3n) is 4.80. The number of hydrogen-bond donors (Lipinski definition) is 1. The molecule has 0 saturated carbocycles. The summed E-state index contributed by atoms with van der Waals surface area (Å²) in [4.78, 5) is 14.6. The molecular weight excluding hydrogens is 312 g/mol. The minimum absolute atomic E-state index is 0.0951. The van der Waals surface area contributed by atoms with Gasteiger partial charge in [-0.05, 0) is 43.0 Å². The molecule has 1 fully saturated rings. The normalized spacial score (nSPS) is 17.4. The van der Waals surface area contributed by atoms with Crippen molar-refractivity contribution in [3.05, 3.63) is 65.7 Å². The number of likely N-dealkylation sites (tertiary alicyclic amines) is 1. The van der Waals surface area contributed by atoms with E-state index in [1.54, 1.807) is 7.11 Å². The molecule has 4 heteroatoms. The van der Waals surface area contributed by atoms with E-state index in [9.17, 15) is 4.79 Å². The largest absolute Gasteiger partial charge is 0.496 e. The van der Waals surface area contributed by atoms with Crippen LogP contribution >= 0.6 is 0 Å². The van der Waals surface area contributed by atoms with Crippen molar-refractivity contribution in [3.63, 3.8) is 0 Å². The molecule has 1 saturated heterocycles. The lowest BCUT2D eigenvalue weighted by molar-refractivity contribution is -0.122. The highest BCUT2D eigenvalue weighted by Crippen LogP contribution is 2.31. The van der Waals surface area contributed by atoms with Crippen molar-refractivity contribution in [1.29, 1.82) is 0 Å². The zero-order chi connectivity index (χ0) is 17.5. The molecule has 1 unspecified atom stereocenters. The Morgan fingerprint density at radius 2 is 1.92 bits per heavy atom. The molecular formula is C21H26N2O2. The summed E-state index contributed by atoms with van der Waals surface area (Å²) in [6.07, 6.45) is 3.05. The lowest BCUT2D eigenvalue weighted by atomic mass is 10.0. The fourth-order valence-corrected chi connectivity index (χ4v) is 3.55. The highest BCUT2D eigenvalue weighted by atomic mass is 16.5. The van der Waals surface area contributed by atoms with E-state index in [4.69, 9.17) is 4.74 Å². The highest BCUT2D eigenvalue weighted by Gasteiger charge is 2.27. The molecule has 1 atom stereocenters. The molecule has 1 N–H and O–H groups in total. The Morgan fingerprint density at radius 1 is 1.16 bits per heavy atom. The molecule has 0 radical (unpaired) electrons. The first-order valence-corrected chi connectivity index (χ1v) is 8.95. The molecule has 1 heterocycles. The van der Waals surface area contributed by atoms with Crippen molar-refractivity contribution in [2.24, 2.45) is 0 Å². The minimum Gasteiger partial charge on any atom is -0.496 e. The van der Waals surface area contributed by atoms with Gasteiger partial charge in [0.1, 0.15) is 5.75 Å². The first-order valence-electron chi connectivity index (χ1n) is 8.95. The van der Waals surface area contributed by atoms with Crippen LogP contribution in [-0.2, 0) is 11.2 Å². The molecule has 25 heavy (non-hydrogen) atoms. The number of carbonyl (C=O) groups is 1. The first-order chi connectivity index (χ1) is 12.3. The number of hydrogen-bond acceptors (Lipinski definition) is 3. The van der Waals surface area contributed by atoms with Crippen LogP contribution in [-0.4, -0.2) is 37.6 Å². The van der Waals surface area contributed by atoms with Crippen LogP contribution in [0.25, 0.3) is 0 Å². The van der Waals surface area contributed by atoms with Gasteiger partial charge in [0.25, 0.3) is 0 Å². The quantitative estimate of drug-likeness (QED) is 0.843. The van der Waals surface area contributed by atoms with Crippen LogP contribution < -0.4 is 10.1 Å². The van der Waals surface area contributed by atoms with E-state index >= 15 is 0 Å². The van der Waals surface area contributed by atoms with E-state index in [0.717, 1.165) is 37.1 Å². The van der Waals surface area contributed by atoms with E-state index in [2.05, 4.69) is 34.5 Å². The summed E-state index contributed by atoms with van der Waals surface area (Å²) in [5.41, 5.74) is 2.43. The molecule has 0 spiro atoms. The van der Waals surface area contributed by atoms with Gasteiger partial charge in [0.05, 0.1) is 13.7 Å². The molecule has 0 bridgehead atoms. The first kappa shape index (κ1) is 17.5. The maximum Gasteiger partial charge on any atom is 0.234 e. The number of nitrogens with zero attached hydrogens (tertiary/aromatic N) is 1. The SMILES string of the molecule is COc1ccccc1CCNC(=O)CN1CCCC1c1ccccc1. The fourth-order valence-electron chi connectivity index (χ4n) is 3.55. The Balaban J connectivity index is 1.49. The molecule has 1 aliphatic heterocycles. The van der Waals surface area contributed by atoms with Gasteiger partial charge in [0.2, 0.25) is 5.91 Å². The maximum atomic E-state index is 12.3. The van der Waals surface area contributed by atoms with Gasteiger partial charge in [-0.1, -0.05) is 48.5 Å². The summed E-state index contributed by atoms with van der Waals surface area (Å²) in [6, 6.07) is 18.8. The van der Waals surface area contributed by atoms with Crippen LogP contribution in [0.4, 0.5) is 0 Å². The molecule has 0 aliphatic carbocycles. The van der Waals surface area contributed by atoms with Gasteiger partial charge in [0, 0.05) is 12.6 Å². The smallest absolute Gasteiger partial charge is 0.234 e. The number of methoxy groups -OCH3 is 1. The van der Waals surface area contributed by atoms with Gasteiger partial charge < -0.3 is 10.1 Å². The average Bonchev–Trinajstić information content (AvgIpc) is 3.11. The molecule has 2 aromatic carbocycles. The van der Waals surface area contributed by atoms with Crippen molar-refractivity contribution in [2.45, 2.75) is 25.3 Å². The Morgan fingerprint density at radius 3 is 2.72 bits per heavy atom. The van der Waals surface area contributed by atoms with Crippen LogP contribution in [0.15, 0.2) is 54.6 Å². The van der Waals surface area contributed by atoms with Crippen LogP contribution in [0.1, 0.15) is 30.0 Å². The van der Waals surface area contributed by atoms with Crippen LogP contribution in [0.2, 0.25) is 0 Å². The Hall–Kier alpha value is -2.33. The number of rotatable bonds is 7. The summed E-state index contributed by atoms with van der Waals surface area (Å²) in [5.74, 6) is 0.971. The fraction of sp³-hybridized carbons (Fsp3) is 0.381.